The monoisotopic (exact) mass is 365 g/mol. The third-order valence-corrected chi connectivity index (χ3v) is 6.35. The van der Waals surface area contributed by atoms with E-state index in [1.807, 2.05) is 0 Å². The van der Waals surface area contributed by atoms with Crippen molar-refractivity contribution >= 4 is 23.1 Å². The van der Waals surface area contributed by atoms with Crippen LogP contribution in [0.15, 0.2) is 10.5 Å². The fraction of sp³-hybridized carbons (Fsp3) is 0.722. The lowest BCUT2D eigenvalue weighted by Gasteiger charge is -2.28. The van der Waals surface area contributed by atoms with Gasteiger partial charge in [-0.2, -0.15) is 0 Å². The number of rotatable bonds is 5. The highest BCUT2D eigenvalue weighted by atomic mass is 32.1. The Bertz CT molecular complexity index is 602. The maximum Gasteiger partial charge on any atom is 0.407 e. The van der Waals surface area contributed by atoms with Gasteiger partial charge in [-0.15, -0.1) is 11.3 Å². The predicted molar refractivity (Wildman–Crippen MR) is 98.4 cm³/mol. The number of amides is 1. The minimum atomic E-state index is -0.819. The van der Waals surface area contributed by atoms with Gasteiger partial charge in [0.05, 0.1) is 10.7 Å². The molecule has 7 heteroatoms. The van der Waals surface area contributed by atoms with Crippen molar-refractivity contribution in [3.63, 3.8) is 0 Å². The summed E-state index contributed by atoms with van der Waals surface area (Å²) in [5.74, 6) is 1.04. The largest absolute Gasteiger partial charge is 0.465 e. The van der Waals surface area contributed by atoms with E-state index in [2.05, 4.69) is 10.5 Å². The molecule has 2 heterocycles. The van der Waals surface area contributed by atoms with E-state index in [0.717, 1.165) is 35.7 Å². The zero-order chi connectivity index (χ0) is 17.6. The topological polar surface area (TPSA) is 75.0 Å². The Labute approximate surface area is 152 Å². The van der Waals surface area contributed by atoms with Crippen LogP contribution in [0, 0.1) is 5.92 Å². The van der Waals surface area contributed by atoms with Crippen molar-refractivity contribution < 1.29 is 14.7 Å². The Morgan fingerprint density at radius 1 is 1.32 bits per heavy atom. The summed E-state index contributed by atoms with van der Waals surface area (Å²) in [5.41, 5.74) is 1.90. The molecular weight excluding hydrogens is 338 g/mol. The molecule has 1 amide bonds. The number of thiazole rings is 1. The quantitative estimate of drug-likeness (QED) is 0.623. The summed E-state index contributed by atoms with van der Waals surface area (Å²) in [5, 5.41) is 16.5. The minimum Gasteiger partial charge on any atom is -0.465 e. The van der Waals surface area contributed by atoms with E-state index < -0.39 is 6.09 Å². The van der Waals surface area contributed by atoms with Crippen molar-refractivity contribution in [2.24, 2.45) is 11.1 Å². The highest BCUT2D eigenvalue weighted by molar-refractivity contribution is 7.09. The summed E-state index contributed by atoms with van der Waals surface area (Å²) in [4.78, 5) is 22.4. The highest BCUT2D eigenvalue weighted by Crippen LogP contribution is 2.32. The van der Waals surface area contributed by atoms with Gasteiger partial charge in [0.25, 0.3) is 0 Å². The van der Waals surface area contributed by atoms with Crippen molar-refractivity contribution in [3.05, 3.63) is 16.1 Å². The lowest BCUT2D eigenvalue weighted by molar-refractivity contribution is 0.132. The number of likely N-dealkylation sites (tertiary alicyclic amines) is 1. The van der Waals surface area contributed by atoms with Crippen molar-refractivity contribution in [2.75, 3.05) is 20.2 Å². The van der Waals surface area contributed by atoms with E-state index in [4.69, 9.17) is 14.9 Å². The molecule has 1 aliphatic heterocycles. The Morgan fingerprint density at radius 2 is 2.04 bits per heavy atom. The lowest BCUT2D eigenvalue weighted by Crippen LogP contribution is -2.36. The number of aromatic nitrogens is 1. The zero-order valence-corrected chi connectivity index (χ0v) is 15.6. The highest BCUT2D eigenvalue weighted by Gasteiger charge is 2.26. The maximum absolute atomic E-state index is 11.0. The first kappa shape index (κ1) is 18.2. The maximum atomic E-state index is 11.0. The van der Waals surface area contributed by atoms with Gasteiger partial charge in [-0.05, 0) is 25.2 Å². The van der Waals surface area contributed by atoms with Gasteiger partial charge in [-0.25, -0.2) is 9.78 Å². The Morgan fingerprint density at radius 3 is 2.68 bits per heavy atom. The predicted octanol–water partition coefficient (Wildman–Crippen LogP) is 4.32. The molecule has 2 fully saturated rings. The van der Waals surface area contributed by atoms with Crippen molar-refractivity contribution in [1.29, 1.82) is 0 Å². The summed E-state index contributed by atoms with van der Waals surface area (Å²) >= 11 is 1.67. The molecule has 138 valence electrons. The summed E-state index contributed by atoms with van der Waals surface area (Å²) in [6.07, 6.45) is 8.33. The van der Waals surface area contributed by atoms with Crippen molar-refractivity contribution in [3.8, 4) is 0 Å². The molecule has 0 bridgehead atoms. The zero-order valence-electron chi connectivity index (χ0n) is 14.8. The van der Waals surface area contributed by atoms with Crippen LogP contribution >= 0.6 is 11.3 Å². The molecule has 3 rings (SSSR count). The molecule has 25 heavy (non-hydrogen) atoms. The molecule has 6 nitrogen and oxygen atoms in total. The van der Waals surface area contributed by atoms with Crippen LogP contribution in [0.3, 0.4) is 0 Å². The second-order valence-electron chi connectivity index (χ2n) is 7.04. The van der Waals surface area contributed by atoms with Crippen LogP contribution in [0.5, 0.6) is 0 Å². The summed E-state index contributed by atoms with van der Waals surface area (Å²) in [7, 11) is 1.59. The number of carboxylic acid groups (broad SMARTS) is 1. The fourth-order valence-corrected chi connectivity index (χ4v) is 4.89. The van der Waals surface area contributed by atoms with Gasteiger partial charge in [0.2, 0.25) is 0 Å². The Balaban J connectivity index is 1.64. The molecule has 1 N–H and O–H groups in total. The number of hydrogen-bond donors (Lipinski definition) is 1. The Hall–Kier alpha value is -1.63. The van der Waals surface area contributed by atoms with Crippen LogP contribution in [0.4, 0.5) is 4.79 Å². The third kappa shape index (κ3) is 4.71. The molecule has 0 atom stereocenters. The summed E-state index contributed by atoms with van der Waals surface area (Å²) < 4.78 is 0. The van der Waals surface area contributed by atoms with Crippen molar-refractivity contribution in [2.45, 2.75) is 57.3 Å². The van der Waals surface area contributed by atoms with Gasteiger partial charge in [0, 0.05) is 24.4 Å². The number of nitrogens with zero attached hydrogens (tertiary/aromatic N) is 3. The van der Waals surface area contributed by atoms with E-state index in [-0.39, 0.29) is 0 Å². The minimum absolute atomic E-state index is 0.354. The summed E-state index contributed by atoms with van der Waals surface area (Å²) in [6.45, 7) is 1.19. The average Bonchev–Trinajstić information content (AvgIpc) is 3.12. The van der Waals surface area contributed by atoms with Gasteiger partial charge in [0.1, 0.15) is 12.8 Å². The van der Waals surface area contributed by atoms with Crippen LogP contribution in [0.25, 0.3) is 0 Å². The first-order chi connectivity index (χ1) is 12.2. The molecule has 1 saturated heterocycles. The SMILES string of the molecule is CO/N=C(/CC1CCCCC1)c1csc(C2CCN(C(=O)O)CC2)n1. The van der Waals surface area contributed by atoms with E-state index in [9.17, 15) is 4.79 Å². The average molecular weight is 365 g/mol. The number of hydrogen-bond acceptors (Lipinski definition) is 5. The molecular formula is C18H27N3O3S. The van der Waals surface area contributed by atoms with Gasteiger partial charge in [-0.3, -0.25) is 0 Å². The van der Waals surface area contributed by atoms with Crippen LogP contribution in [0.2, 0.25) is 0 Å². The van der Waals surface area contributed by atoms with Gasteiger partial charge >= 0.3 is 6.09 Å². The molecule has 1 saturated carbocycles. The van der Waals surface area contributed by atoms with Crippen LogP contribution in [-0.4, -0.2) is 47.0 Å². The number of carbonyl (C=O) groups is 1. The molecule has 0 unspecified atom stereocenters. The van der Waals surface area contributed by atoms with Gasteiger partial charge in [0.15, 0.2) is 0 Å². The first-order valence-electron chi connectivity index (χ1n) is 9.21. The van der Waals surface area contributed by atoms with E-state index in [1.165, 1.54) is 37.0 Å². The van der Waals surface area contributed by atoms with E-state index in [0.29, 0.717) is 24.9 Å². The van der Waals surface area contributed by atoms with E-state index >= 15 is 0 Å². The van der Waals surface area contributed by atoms with Crippen LogP contribution in [-0.2, 0) is 4.84 Å². The van der Waals surface area contributed by atoms with Gasteiger partial charge < -0.3 is 14.8 Å². The van der Waals surface area contributed by atoms with Gasteiger partial charge in [-0.1, -0.05) is 37.3 Å². The number of piperidine rings is 1. The second-order valence-corrected chi connectivity index (χ2v) is 7.93. The normalized spacial score (nSPS) is 20.7. The molecule has 1 aromatic heterocycles. The summed E-state index contributed by atoms with van der Waals surface area (Å²) in [6, 6.07) is 0. The molecule has 2 aliphatic rings. The fourth-order valence-electron chi connectivity index (χ4n) is 3.89. The number of oxime groups is 1. The van der Waals surface area contributed by atoms with Crippen LogP contribution in [0.1, 0.15) is 68.0 Å². The molecule has 0 spiro atoms. The second kappa shape index (κ2) is 8.65. The van der Waals surface area contributed by atoms with E-state index in [1.54, 1.807) is 18.4 Å². The third-order valence-electron chi connectivity index (χ3n) is 5.34. The standard InChI is InChI=1S/C18H27N3O3S/c1-24-20-15(11-13-5-3-2-4-6-13)16-12-25-17(19-16)14-7-9-21(10-8-14)18(22)23/h12-14H,2-11H2,1H3,(H,22,23)/b20-15-. The van der Waals surface area contributed by atoms with Crippen molar-refractivity contribution in [1.82, 2.24) is 9.88 Å². The molecule has 1 aromatic rings. The first-order valence-corrected chi connectivity index (χ1v) is 10.1. The molecule has 0 aromatic carbocycles. The smallest absolute Gasteiger partial charge is 0.407 e. The van der Waals surface area contributed by atoms with Crippen LogP contribution < -0.4 is 0 Å². The molecule has 1 aliphatic carbocycles. The molecule has 0 radical (unpaired) electrons. The lowest BCUT2D eigenvalue weighted by atomic mass is 9.85. The Kier molecular flexibility index (Phi) is 6.29.